The van der Waals surface area contributed by atoms with E-state index in [1.54, 1.807) is 24.9 Å². The molecule has 17 nitrogen and oxygen atoms in total. The Kier molecular flexibility index (Phi) is 11.7. The first-order valence-electron chi connectivity index (χ1n) is 20.7. The van der Waals surface area contributed by atoms with Gasteiger partial charge < -0.3 is 44.2 Å². The van der Waals surface area contributed by atoms with Crippen molar-refractivity contribution in [1.82, 2.24) is 45.5 Å². The van der Waals surface area contributed by atoms with Crippen LogP contribution in [0.3, 0.4) is 0 Å². The van der Waals surface area contributed by atoms with Gasteiger partial charge in [-0.3, -0.25) is 29.6 Å². The van der Waals surface area contributed by atoms with Crippen LogP contribution in [-0.2, 0) is 9.53 Å². The number of hydrogen-bond donors (Lipinski definition) is 4. The number of carbonyl (C=O) groups is 2. The molecule has 61 heavy (non-hydrogen) atoms. The molecule has 3 aliphatic heterocycles. The lowest BCUT2D eigenvalue weighted by molar-refractivity contribution is -0.132. The van der Waals surface area contributed by atoms with Gasteiger partial charge in [-0.15, -0.1) is 0 Å². The number of furan rings is 1. The number of piperazine rings is 2. The number of ether oxygens (including phenoxy) is 1. The summed E-state index contributed by atoms with van der Waals surface area (Å²) in [4.78, 5) is 50.2. The number of pyridine rings is 1. The Hall–Kier alpha value is -6.24. The van der Waals surface area contributed by atoms with Crippen molar-refractivity contribution in [1.29, 1.82) is 0 Å². The van der Waals surface area contributed by atoms with E-state index in [0.29, 0.717) is 42.2 Å². The predicted molar refractivity (Wildman–Crippen MR) is 232 cm³/mol. The van der Waals surface area contributed by atoms with Crippen molar-refractivity contribution >= 4 is 51.3 Å². The number of hydrogen-bond acceptors (Lipinski definition) is 14. The first-order chi connectivity index (χ1) is 29.8. The molecular formula is C44H50N12O5. The number of anilines is 2. The number of amides is 2. The van der Waals surface area contributed by atoms with E-state index in [-0.39, 0.29) is 23.6 Å². The first kappa shape index (κ1) is 40.2. The van der Waals surface area contributed by atoms with Gasteiger partial charge in [0.1, 0.15) is 11.8 Å². The number of likely N-dealkylation sites (N-methyl/N-ethyl adjacent to an activating group) is 2. The number of nitrogens with zero attached hydrogens (tertiary/aromatic N) is 8. The van der Waals surface area contributed by atoms with Crippen LogP contribution < -0.4 is 20.9 Å². The number of aliphatic imine (C=N–C) groups is 1. The maximum absolute atomic E-state index is 14.2. The van der Waals surface area contributed by atoms with Crippen LogP contribution in [0.5, 0.6) is 0 Å². The molecule has 4 atom stereocenters. The van der Waals surface area contributed by atoms with Crippen molar-refractivity contribution in [3.05, 3.63) is 103 Å². The van der Waals surface area contributed by atoms with Crippen LogP contribution in [0.25, 0.3) is 33.3 Å². The number of carbonyl (C=O) groups excluding carboxylic acids is 2. The second kappa shape index (κ2) is 17.8. The highest BCUT2D eigenvalue weighted by atomic mass is 16.5. The Balaban J connectivity index is 0.912. The van der Waals surface area contributed by atoms with Crippen molar-refractivity contribution in [2.24, 2.45) is 4.99 Å². The van der Waals surface area contributed by atoms with E-state index in [1.807, 2.05) is 74.8 Å². The molecule has 4 unspecified atom stereocenters. The molecule has 0 radical (unpaired) electrons. The smallest absolute Gasteiger partial charge is 0.293 e. The minimum Gasteiger partial charge on any atom is -0.463 e. The Morgan fingerprint density at radius 3 is 2.69 bits per heavy atom. The quantitative estimate of drug-likeness (QED) is 0.127. The second-order valence-corrected chi connectivity index (χ2v) is 15.8. The Labute approximate surface area is 352 Å². The summed E-state index contributed by atoms with van der Waals surface area (Å²) >= 11 is 0. The number of aromatic nitrogens is 4. The fourth-order valence-electron chi connectivity index (χ4n) is 8.50. The van der Waals surface area contributed by atoms with Crippen LogP contribution >= 0.6 is 0 Å². The fraction of sp³-hybridized carbons (Fsp3) is 0.364. The van der Waals surface area contributed by atoms with Crippen molar-refractivity contribution < 1.29 is 23.2 Å². The summed E-state index contributed by atoms with van der Waals surface area (Å²) < 4.78 is 18.3. The van der Waals surface area contributed by atoms with E-state index in [9.17, 15) is 9.59 Å². The Bertz CT molecular complexity index is 2560. The molecule has 0 aliphatic carbocycles. The number of fused-ring (bicyclic) bond motifs is 2. The molecule has 3 aliphatic rings. The summed E-state index contributed by atoms with van der Waals surface area (Å²) in [6, 6.07) is 16.7. The number of oxazole rings is 1. The number of benzene rings is 2. The zero-order valence-electron chi connectivity index (χ0n) is 34.5. The van der Waals surface area contributed by atoms with Gasteiger partial charge in [-0.25, -0.2) is 4.98 Å². The van der Waals surface area contributed by atoms with Crippen molar-refractivity contribution in [2.45, 2.75) is 37.8 Å². The van der Waals surface area contributed by atoms with Crippen LogP contribution in [0.4, 0.5) is 11.4 Å². The van der Waals surface area contributed by atoms with E-state index < -0.39 is 24.3 Å². The Morgan fingerprint density at radius 2 is 1.82 bits per heavy atom. The summed E-state index contributed by atoms with van der Waals surface area (Å²) in [6.45, 7) is 8.82. The summed E-state index contributed by atoms with van der Waals surface area (Å²) in [6.07, 6.45) is 9.28. The third-order valence-corrected chi connectivity index (χ3v) is 11.7. The maximum atomic E-state index is 14.2. The van der Waals surface area contributed by atoms with E-state index in [4.69, 9.17) is 13.6 Å². The van der Waals surface area contributed by atoms with E-state index in [0.717, 1.165) is 66.8 Å². The molecule has 7 heterocycles. The molecule has 17 heteroatoms. The standard InChI is InChI=1S/C44H50N12O5/c1-28(23-45-14-8-17-55-21-19-53(2)20-22-55)49-42(58)40-39(54(3)44(61-40)38-30-10-4-6-11-32(30)51-52-38)34-26-56(18-16-47-34)35-13-15-46-24-33(35)50-41(57)37-25-48-43(60-37)31-27-59-36-12-7-5-9-29(31)36/h4-7,9-15,23-25,27,34,39-40,44,47H,8,16-22,26H2,1-3H3,(H,49,58)(H,50,57)(H,51,52)/b28-23+,45-14?. The van der Waals surface area contributed by atoms with E-state index in [2.05, 4.69) is 67.8 Å². The van der Waals surface area contributed by atoms with Crippen molar-refractivity contribution in [3.63, 3.8) is 0 Å². The second-order valence-electron chi connectivity index (χ2n) is 15.8. The lowest BCUT2D eigenvalue weighted by Gasteiger charge is -2.41. The van der Waals surface area contributed by atoms with Gasteiger partial charge in [0.2, 0.25) is 11.7 Å². The number of nitrogens with one attached hydrogen (secondary N) is 4. The van der Waals surface area contributed by atoms with Crippen LogP contribution in [0.15, 0.2) is 105 Å². The van der Waals surface area contributed by atoms with Crippen LogP contribution in [0, 0.1) is 0 Å². The largest absolute Gasteiger partial charge is 0.463 e. The molecule has 316 valence electrons. The van der Waals surface area contributed by atoms with Crippen LogP contribution in [0.1, 0.15) is 35.8 Å². The highest BCUT2D eigenvalue weighted by Gasteiger charge is 2.50. The summed E-state index contributed by atoms with van der Waals surface area (Å²) in [7, 11) is 4.13. The van der Waals surface area contributed by atoms with Gasteiger partial charge in [-0.2, -0.15) is 5.10 Å². The lowest BCUT2D eigenvalue weighted by atomic mass is 9.98. The molecule has 2 amide bonds. The monoisotopic (exact) mass is 826 g/mol. The molecule has 3 saturated heterocycles. The van der Waals surface area contributed by atoms with Gasteiger partial charge in [0.25, 0.3) is 11.8 Å². The van der Waals surface area contributed by atoms with Gasteiger partial charge in [0.05, 0.1) is 46.6 Å². The average molecular weight is 827 g/mol. The van der Waals surface area contributed by atoms with Gasteiger partial charge in [0, 0.05) is 93.5 Å². The molecule has 0 saturated carbocycles. The van der Waals surface area contributed by atoms with Gasteiger partial charge in [-0.05, 0) is 45.6 Å². The number of rotatable bonds is 12. The maximum Gasteiger partial charge on any atom is 0.293 e. The topological polar surface area (TPSA) is 186 Å². The summed E-state index contributed by atoms with van der Waals surface area (Å²) in [5.41, 5.74) is 4.85. The average Bonchev–Trinajstić information content (AvgIpc) is 4.10. The molecule has 4 aromatic heterocycles. The molecule has 0 bridgehead atoms. The molecule has 6 aromatic rings. The zero-order chi connectivity index (χ0) is 41.9. The number of allylic oxidation sites excluding steroid dienone is 1. The summed E-state index contributed by atoms with van der Waals surface area (Å²) in [5, 5.41) is 19.2. The Morgan fingerprint density at radius 1 is 1.00 bits per heavy atom. The third kappa shape index (κ3) is 8.55. The van der Waals surface area contributed by atoms with Gasteiger partial charge in [-0.1, -0.05) is 36.4 Å². The molecular weight excluding hydrogens is 777 g/mol. The normalized spacial score (nSPS) is 22.1. The predicted octanol–water partition coefficient (Wildman–Crippen LogP) is 4.47. The molecule has 2 aromatic carbocycles. The van der Waals surface area contributed by atoms with Crippen LogP contribution in [0.2, 0.25) is 0 Å². The van der Waals surface area contributed by atoms with Crippen molar-refractivity contribution in [2.75, 3.05) is 76.7 Å². The first-order valence-corrected chi connectivity index (χ1v) is 20.7. The minimum atomic E-state index is -0.858. The molecule has 0 spiro atoms. The third-order valence-electron chi connectivity index (χ3n) is 11.7. The van der Waals surface area contributed by atoms with Gasteiger partial charge >= 0.3 is 0 Å². The van der Waals surface area contributed by atoms with Crippen molar-refractivity contribution in [3.8, 4) is 11.5 Å². The highest BCUT2D eigenvalue weighted by molar-refractivity contribution is 6.04. The molecule has 3 fully saturated rings. The number of H-pyrrole nitrogens is 1. The lowest BCUT2D eigenvalue weighted by Crippen LogP contribution is -2.62. The molecule has 9 rings (SSSR count). The fourth-order valence-corrected chi connectivity index (χ4v) is 8.50. The number of para-hydroxylation sites is 2. The van der Waals surface area contributed by atoms with E-state index in [1.165, 1.54) is 6.20 Å². The zero-order valence-corrected chi connectivity index (χ0v) is 34.5. The van der Waals surface area contributed by atoms with Gasteiger partial charge in [0.15, 0.2) is 12.3 Å². The molecule has 4 N–H and O–H groups in total. The van der Waals surface area contributed by atoms with Crippen LogP contribution in [-0.4, -0.2) is 138 Å². The SMILES string of the molecule is C/C(=C\N=CCCN1CCN(C)CC1)NC(=O)C1OC(c2[nH]nc3ccccc23)N(C)C1C1CN(c2ccncc2NC(=O)c2cnc(-c3coc4ccccc34)o2)CCN1. The minimum absolute atomic E-state index is 0.0462. The number of aromatic amines is 1. The summed E-state index contributed by atoms with van der Waals surface area (Å²) in [5.74, 6) is -0.407. The van der Waals surface area contributed by atoms with E-state index >= 15 is 0 Å². The highest BCUT2D eigenvalue weighted by Crippen LogP contribution is 2.38.